The van der Waals surface area contributed by atoms with Crippen LogP contribution in [-0.4, -0.2) is 12.6 Å². The van der Waals surface area contributed by atoms with Crippen LogP contribution in [0.5, 0.6) is 0 Å². The highest BCUT2D eigenvalue weighted by molar-refractivity contribution is 5.13. The molecule has 0 saturated carbocycles. The van der Waals surface area contributed by atoms with E-state index < -0.39 is 0 Å². The normalized spacial score (nSPS) is 20.4. The van der Waals surface area contributed by atoms with Crippen LogP contribution in [-0.2, 0) is 0 Å². The van der Waals surface area contributed by atoms with Gasteiger partial charge in [-0.2, -0.15) is 0 Å². The third-order valence-corrected chi connectivity index (χ3v) is 4.48. The molecule has 0 radical (unpaired) electrons. The van der Waals surface area contributed by atoms with Crippen LogP contribution >= 0.6 is 0 Å². The zero-order valence-electron chi connectivity index (χ0n) is 13.2. The van der Waals surface area contributed by atoms with E-state index in [1.165, 1.54) is 38.5 Å². The molecular formula is C17H33N. The molecule has 1 aliphatic carbocycles. The minimum absolute atomic E-state index is 0.418. The molecule has 0 amide bonds. The van der Waals surface area contributed by atoms with E-state index in [0.29, 0.717) is 11.5 Å². The van der Waals surface area contributed by atoms with Gasteiger partial charge in [-0.25, -0.2) is 0 Å². The van der Waals surface area contributed by atoms with Crippen LogP contribution in [0.15, 0.2) is 11.6 Å². The van der Waals surface area contributed by atoms with Gasteiger partial charge in [-0.1, -0.05) is 46.3 Å². The lowest BCUT2D eigenvalue weighted by Crippen LogP contribution is -2.36. The highest BCUT2D eigenvalue weighted by Gasteiger charge is 2.25. The Kier molecular flexibility index (Phi) is 6.42. The Labute approximate surface area is 114 Å². The number of nitrogens with one attached hydrogen (secondary N) is 1. The van der Waals surface area contributed by atoms with Crippen molar-refractivity contribution in [2.24, 2.45) is 11.3 Å². The van der Waals surface area contributed by atoms with Gasteiger partial charge in [-0.15, -0.1) is 0 Å². The van der Waals surface area contributed by atoms with Crippen molar-refractivity contribution in [3.05, 3.63) is 11.6 Å². The smallest absolute Gasteiger partial charge is 0.0282 e. The van der Waals surface area contributed by atoms with E-state index >= 15 is 0 Å². The summed E-state index contributed by atoms with van der Waals surface area (Å²) in [5.41, 5.74) is 2.10. The summed E-state index contributed by atoms with van der Waals surface area (Å²) in [6.07, 6.45) is 10.4. The summed E-state index contributed by atoms with van der Waals surface area (Å²) in [5, 5.41) is 3.77. The average molecular weight is 251 g/mol. The SMILES string of the molecule is CCCNC(CC(C)C(C)(C)C)C1=CCCCC1. The zero-order chi connectivity index (χ0) is 13.6. The molecule has 0 aromatic heterocycles. The number of hydrogen-bond donors (Lipinski definition) is 1. The molecule has 1 N–H and O–H groups in total. The summed E-state index contributed by atoms with van der Waals surface area (Å²) in [6.45, 7) is 12.9. The summed E-state index contributed by atoms with van der Waals surface area (Å²) < 4.78 is 0. The van der Waals surface area contributed by atoms with Crippen molar-refractivity contribution in [3.8, 4) is 0 Å². The predicted octanol–water partition coefficient (Wildman–Crippen LogP) is 4.93. The lowest BCUT2D eigenvalue weighted by molar-refractivity contribution is 0.229. The first-order chi connectivity index (χ1) is 8.45. The van der Waals surface area contributed by atoms with Crippen LogP contribution in [0.1, 0.15) is 73.1 Å². The van der Waals surface area contributed by atoms with Gasteiger partial charge in [0.1, 0.15) is 0 Å². The van der Waals surface area contributed by atoms with Gasteiger partial charge in [-0.05, 0) is 56.4 Å². The highest BCUT2D eigenvalue weighted by Crippen LogP contribution is 2.32. The fourth-order valence-electron chi connectivity index (χ4n) is 2.57. The molecule has 2 atom stereocenters. The van der Waals surface area contributed by atoms with Gasteiger partial charge in [0.15, 0.2) is 0 Å². The maximum absolute atomic E-state index is 3.77. The number of allylic oxidation sites excluding steroid dienone is 1. The second kappa shape index (κ2) is 7.33. The van der Waals surface area contributed by atoms with Gasteiger partial charge >= 0.3 is 0 Å². The van der Waals surface area contributed by atoms with E-state index in [-0.39, 0.29) is 0 Å². The minimum Gasteiger partial charge on any atom is -0.310 e. The van der Waals surface area contributed by atoms with Gasteiger partial charge in [0.25, 0.3) is 0 Å². The van der Waals surface area contributed by atoms with Gasteiger partial charge in [0.2, 0.25) is 0 Å². The maximum atomic E-state index is 3.77. The van der Waals surface area contributed by atoms with Gasteiger partial charge in [-0.3, -0.25) is 0 Å². The summed E-state index contributed by atoms with van der Waals surface area (Å²) in [5.74, 6) is 0.759. The van der Waals surface area contributed by atoms with Crippen LogP contribution in [0.25, 0.3) is 0 Å². The van der Waals surface area contributed by atoms with Crippen molar-refractivity contribution in [1.82, 2.24) is 5.32 Å². The quantitative estimate of drug-likeness (QED) is 0.660. The zero-order valence-corrected chi connectivity index (χ0v) is 13.2. The van der Waals surface area contributed by atoms with E-state index in [1.807, 2.05) is 0 Å². The second-order valence-electron chi connectivity index (χ2n) is 7.03. The molecule has 0 spiro atoms. The van der Waals surface area contributed by atoms with Crippen molar-refractivity contribution in [1.29, 1.82) is 0 Å². The predicted molar refractivity (Wildman–Crippen MR) is 81.9 cm³/mol. The highest BCUT2D eigenvalue weighted by atomic mass is 14.9. The topological polar surface area (TPSA) is 12.0 Å². The van der Waals surface area contributed by atoms with Crippen LogP contribution < -0.4 is 5.32 Å². The van der Waals surface area contributed by atoms with E-state index in [4.69, 9.17) is 0 Å². The maximum Gasteiger partial charge on any atom is 0.0282 e. The Morgan fingerprint density at radius 2 is 2.00 bits per heavy atom. The molecule has 0 saturated heterocycles. The number of hydrogen-bond acceptors (Lipinski definition) is 1. The molecule has 0 aromatic carbocycles. The molecular weight excluding hydrogens is 218 g/mol. The monoisotopic (exact) mass is 251 g/mol. The Balaban J connectivity index is 2.63. The average Bonchev–Trinajstić information content (AvgIpc) is 2.34. The van der Waals surface area contributed by atoms with E-state index in [2.05, 4.69) is 46.0 Å². The van der Waals surface area contributed by atoms with E-state index in [9.17, 15) is 0 Å². The molecule has 0 fully saturated rings. The fraction of sp³-hybridized carbons (Fsp3) is 0.882. The molecule has 0 aromatic rings. The largest absolute Gasteiger partial charge is 0.310 e. The molecule has 0 bridgehead atoms. The molecule has 0 heterocycles. The Hall–Kier alpha value is -0.300. The molecule has 1 aliphatic rings. The van der Waals surface area contributed by atoms with E-state index in [0.717, 1.165) is 12.5 Å². The van der Waals surface area contributed by atoms with Crippen molar-refractivity contribution in [3.63, 3.8) is 0 Å². The molecule has 1 nitrogen and oxygen atoms in total. The fourth-order valence-corrected chi connectivity index (χ4v) is 2.57. The minimum atomic E-state index is 0.418. The Morgan fingerprint density at radius 1 is 1.28 bits per heavy atom. The molecule has 18 heavy (non-hydrogen) atoms. The van der Waals surface area contributed by atoms with Crippen molar-refractivity contribution >= 4 is 0 Å². The second-order valence-corrected chi connectivity index (χ2v) is 7.03. The van der Waals surface area contributed by atoms with Crippen LogP contribution in [0.3, 0.4) is 0 Å². The summed E-state index contributed by atoms with van der Waals surface area (Å²) in [4.78, 5) is 0. The van der Waals surface area contributed by atoms with Gasteiger partial charge < -0.3 is 5.32 Å². The number of rotatable bonds is 6. The van der Waals surface area contributed by atoms with Crippen LogP contribution in [0, 0.1) is 11.3 Å². The summed E-state index contributed by atoms with van der Waals surface area (Å²) in [7, 11) is 0. The first-order valence-electron chi connectivity index (χ1n) is 7.87. The van der Waals surface area contributed by atoms with Crippen LogP contribution in [0.4, 0.5) is 0 Å². The van der Waals surface area contributed by atoms with Crippen molar-refractivity contribution < 1.29 is 0 Å². The molecule has 2 unspecified atom stereocenters. The third kappa shape index (κ3) is 5.14. The summed E-state index contributed by atoms with van der Waals surface area (Å²) in [6, 6.07) is 0.625. The lowest BCUT2D eigenvalue weighted by Gasteiger charge is -2.33. The standard InChI is InChI=1S/C17H33N/c1-6-12-18-16(13-14(2)17(3,4)5)15-10-8-7-9-11-15/h10,14,16,18H,6-9,11-13H2,1-5H3. The third-order valence-electron chi connectivity index (χ3n) is 4.48. The molecule has 0 aliphatic heterocycles. The van der Waals surface area contributed by atoms with Crippen molar-refractivity contribution in [2.45, 2.75) is 79.2 Å². The molecule has 1 rings (SSSR count). The van der Waals surface area contributed by atoms with Crippen LogP contribution in [0.2, 0.25) is 0 Å². The molecule has 1 heteroatoms. The Morgan fingerprint density at radius 3 is 2.50 bits per heavy atom. The first kappa shape index (κ1) is 15.8. The van der Waals surface area contributed by atoms with Gasteiger partial charge in [0.05, 0.1) is 0 Å². The molecule has 106 valence electrons. The van der Waals surface area contributed by atoms with Crippen molar-refractivity contribution in [2.75, 3.05) is 6.54 Å². The lowest BCUT2D eigenvalue weighted by atomic mass is 9.76. The van der Waals surface area contributed by atoms with E-state index in [1.54, 1.807) is 5.57 Å². The Bertz CT molecular complexity index is 259. The summed E-state index contributed by atoms with van der Waals surface area (Å²) >= 11 is 0. The van der Waals surface area contributed by atoms with Gasteiger partial charge in [0, 0.05) is 6.04 Å². The first-order valence-corrected chi connectivity index (χ1v) is 7.87.